The maximum absolute atomic E-state index is 10.5. The number of rotatable bonds is 5. The minimum atomic E-state index is -0.979. The summed E-state index contributed by atoms with van der Waals surface area (Å²) in [7, 11) is 0. The largest absolute Gasteiger partial charge is 0.478 e. The van der Waals surface area contributed by atoms with Crippen LogP contribution in [0, 0.1) is 11.3 Å². The summed E-state index contributed by atoms with van der Waals surface area (Å²) in [4.78, 5) is 10.5. The van der Waals surface area contributed by atoms with E-state index in [1.807, 2.05) is 0 Å². The fourth-order valence-corrected chi connectivity index (χ4v) is 0.884. The summed E-state index contributed by atoms with van der Waals surface area (Å²) in [6.45, 7) is 2.05. The van der Waals surface area contributed by atoms with Crippen molar-refractivity contribution >= 4 is 5.97 Å². The number of nitriles is 1. The van der Waals surface area contributed by atoms with Crippen molar-refractivity contribution in [3.05, 3.63) is 11.6 Å². The van der Waals surface area contributed by atoms with Gasteiger partial charge in [-0.15, -0.1) is 0 Å². The molecule has 1 N–H and O–H groups in total. The Bertz CT molecular complexity index is 213. The molecule has 0 spiro atoms. The van der Waals surface area contributed by atoms with Crippen molar-refractivity contribution in [2.45, 2.75) is 32.6 Å². The highest BCUT2D eigenvalue weighted by Crippen LogP contribution is 2.08. The molecule has 3 nitrogen and oxygen atoms in total. The van der Waals surface area contributed by atoms with Gasteiger partial charge in [-0.25, -0.2) is 4.79 Å². The van der Waals surface area contributed by atoms with Gasteiger partial charge in [-0.1, -0.05) is 19.8 Å². The number of aliphatic carboxylic acids is 1. The first-order chi connectivity index (χ1) is 5.72. The highest BCUT2D eigenvalue weighted by atomic mass is 16.4. The number of hydrogen-bond donors (Lipinski definition) is 1. The molecule has 0 amide bonds. The third kappa shape index (κ3) is 4.51. The number of carbonyl (C=O) groups is 1. The SMILES string of the molecule is CCCCC/C(=C/C#N)C(=O)O. The second kappa shape index (κ2) is 6.41. The van der Waals surface area contributed by atoms with Crippen molar-refractivity contribution in [3.63, 3.8) is 0 Å². The fourth-order valence-electron chi connectivity index (χ4n) is 0.884. The van der Waals surface area contributed by atoms with Gasteiger partial charge in [0.15, 0.2) is 0 Å². The van der Waals surface area contributed by atoms with Gasteiger partial charge in [0, 0.05) is 11.6 Å². The lowest BCUT2D eigenvalue weighted by Gasteiger charge is -1.98. The van der Waals surface area contributed by atoms with Gasteiger partial charge in [-0.2, -0.15) is 5.26 Å². The van der Waals surface area contributed by atoms with Crippen LogP contribution in [-0.2, 0) is 4.79 Å². The van der Waals surface area contributed by atoms with Gasteiger partial charge < -0.3 is 5.11 Å². The third-order valence-corrected chi connectivity index (χ3v) is 1.56. The Balaban J connectivity index is 3.91. The molecule has 3 heteroatoms. The first-order valence-electron chi connectivity index (χ1n) is 4.04. The van der Waals surface area contributed by atoms with Crippen LogP contribution >= 0.6 is 0 Å². The number of unbranched alkanes of at least 4 members (excludes halogenated alkanes) is 2. The Labute approximate surface area is 72.3 Å². The highest BCUT2D eigenvalue weighted by molar-refractivity contribution is 5.87. The summed E-state index contributed by atoms with van der Waals surface area (Å²) < 4.78 is 0. The lowest BCUT2D eigenvalue weighted by Crippen LogP contribution is -2.00. The molecule has 0 saturated carbocycles. The molecular formula is C9H13NO2. The average Bonchev–Trinajstić information content (AvgIpc) is 2.03. The molecule has 0 unspecified atom stereocenters. The molecule has 0 aromatic heterocycles. The van der Waals surface area contributed by atoms with Crippen LogP contribution in [0.25, 0.3) is 0 Å². The average molecular weight is 167 g/mol. The summed E-state index contributed by atoms with van der Waals surface area (Å²) >= 11 is 0. The van der Waals surface area contributed by atoms with Crippen molar-refractivity contribution in [3.8, 4) is 6.07 Å². The van der Waals surface area contributed by atoms with Crippen molar-refractivity contribution in [2.75, 3.05) is 0 Å². The Morgan fingerprint density at radius 3 is 2.67 bits per heavy atom. The molecule has 0 atom stereocenters. The normalized spacial score (nSPS) is 10.8. The Morgan fingerprint density at radius 2 is 2.25 bits per heavy atom. The summed E-state index contributed by atoms with van der Waals surface area (Å²) in [5.41, 5.74) is 0.214. The smallest absolute Gasteiger partial charge is 0.332 e. The molecule has 0 aliphatic carbocycles. The van der Waals surface area contributed by atoms with Crippen molar-refractivity contribution in [1.29, 1.82) is 5.26 Å². The molecule has 0 fully saturated rings. The molecule has 0 aromatic carbocycles. The van der Waals surface area contributed by atoms with Gasteiger partial charge in [0.05, 0.1) is 6.07 Å². The standard InChI is InChI=1S/C9H13NO2/c1-2-3-4-5-8(6-7-10)9(11)12/h6H,2-5H2,1H3,(H,11,12)/b8-6-. The number of carboxylic acids is 1. The van der Waals surface area contributed by atoms with E-state index < -0.39 is 5.97 Å². The van der Waals surface area contributed by atoms with Crippen LogP contribution in [0.1, 0.15) is 32.6 Å². The lowest BCUT2D eigenvalue weighted by atomic mass is 10.1. The highest BCUT2D eigenvalue weighted by Gasteiger charge is 2.05. The second-order valence-electron chi connectivity index (χ2n) is 2.56. The molecule has 0 radical (unpaired) electrons. The zero-order chi connectivity index (χ0) is 9.40. The van der Waals surface area contributed by atoms with E-state index in [0.29, 0.717) is 6.42 Å². The van der Waals surface area contributed by atoms with E-state index in [1.54, 1.807) is 6.07 Å². The topological polar surface area (TPSA) is 61.1 Å². The fraction of sp³-hybridized carbons (Fsp3) is 0.556. The number of nitrogens with zero attached hydrogens (tertiary/aromatic N) is 1. The van der Waals surface area contributed by atoms with Crippen LogP contribution in [0.15, 0.2) is 11.6 Å². The van der Waals surface area contributed by atoms with E-state index >= 15 is 0 Å². The van der Waals surface area contributed by atoms with E-state index in [-0.39, 0.29) is 5.57 Å². The van der Waals surface area contributed by atoms with Crippen LogP contribution in [0.2, 0.25) is 0 Å². The van der Waals surface area contributed by atoms with Crippen molar-refractivity contribution in [2.24, 2.45) is 0 Å². The van der Waals surface area contributed by atoms with Gasteiger partial charge >= 0.3 is 5.97 Å². The Kier molecular flexibility index (Phi) is 5.72. The van der Waals surface area contributed by atoms with E-state index in [9.17, 15) is 4.79 Å². The number of carboxylic acid groups (broad SMARTS) is 1. The van der Waals surface area contributed by atoms with Gasteiger partial charge in [-0.3, -0.25) is 0 Å². The maximum atomic E-state index is 10.5. The predicted octanol–water partition coefficient (Wildman–Crippen LogP) is 2.10. The summed E-state index contributed by atoms with van der Waals surface area (Å²) in [6, 6.07) is 1.73. The molecule has 0 bridgehead atoms. The first kappa shape index (κ1) is 10.7. The zero-order valence-corrected chi connectivity index (χ0v) is 7.21. The van der Waals surface area contributed by atoms with Crippen LogP contribution in [0.3, 0.4) is 0 Å². The Hall–Kier alpha value is -1.30. The van der Waals surface area contributed by atoms with Crippen LogP contribution < -0.4 is 0 Å². The quantitative estimate of drug-likeness (QED) is 0.387. The summed E-state index contributed by atoms with van der Waals surface area (Å²) in [5.74, 6) is -0.979. The lowest BCUT2D eigenvalue weighted by molar-refractivity contribution is -0.132. The van der Waals surface area contributed by atoms with E-state index in [0.717, 1.165) is 25.3 Å². The van der Waals surface area contributed by atoms with Crippen LogP contribution in [0.4, 0.5) is 0 Å². The molecule has 0 heterocycles. The number of hydrogen-bond acceptors (Lipinski definition) is 2. The molecule has 0 aliphatic heterocycles. The minimum absolute atomic E-state index is 0.214. The van der Waals surface area contributed by atoms with Crippen molar-refractivity contribution < 1.29 is 9.90 Å². The van der Waals surface area contributed by atoms with Gasteiger partial charge in [-0.05, 0) is 12.8 Å². The van der Waals surface area contributed by atoms with Crippen molar-refractivity contribution in [1.82, 2.24) is 0 Å². The predicted molar refractivity (Wildman–Crippen MR) is 45.5 cm³/mol. The third-order valence-electron chi connectivity index (χ3n) is 1.56. The molecule has 0 saturated heterocycles. The Morgan fingerprint density at radius 1 is 1.58 bits per heavy atom. The maximum Gasteiger partial charge on any atom is 0.332 e. The first-order valence-corrected chi connectivity index (χ1v) is 4.04. The van der Waals surface area contributed by atoms with Gasteiger partial charge in [0.1, 0.15) is 0 Å². The van der Waals surface area contributed by atoms with Gasteiger partial charge in [0.25, 0.3) is 0 Å². The summed E-state index contributed by atoms with van der Waals surface area (Å²) in [6.07, 6.45) is 4.51. The molecule has 0 aliphatic rings. The minimum Gasteiger partial charge on any atom is -0.478 e. The monoisotopic (exact) mass is 167 g/mol. The van der Waals surface area contributed by atoms with E-state index in [1.165, 1.54) is 0 Å². The number of allylic oxidation sites excluding steroid dienone is 1. The molecule has 0 rings (SSSR count). The second-order valence-corrected chi connectivity index (χ2v) is 2.56. The zero-order valence-electron chi connectivity index (χ0n) is 7.21. The molecular weight excluding hydrogens is 154 g/mol. The molecule has 12 heavy (non-hydrogen) atoms. The van der Waals surface area contributed by atoms with Crippen LogP contribution in [0.5, 0.6) is 0 Å². The summed E-state index contributed by atoms with van der Waals surface area (Å²) in [5, 5.41) is 16.8. The van der Waals surface area contributed by atoms with E-state index in [4.69, 9.17) is 10.4 Å². The van der Waals surface area contributed by atoms with Crippen LogP contribution in [-0.4, -0.2) is 11.1 Å². The molecule has 0 aromatic rings. The van der Waals surface area contributed by atoms with E-state index in [2.05, 4.69) is 6.92 Å². The molecule has 66 valence electrons. The van der Waals surface area contributed by atoms with Gasteiger partial charge in [0.2, 0.25) is 0 Å².